The van der Waals surface area contributed by atoms with Crippen molar-refractivity contribution >= 4 is 12.1 Å². The zero-order valence-corrected chi connectivity index (χ0v) is 15.1. The largest absolute Gasteiger partial charge is 0.494 e. The summed E-state index contributed by atoms with van der Waals surface area (Å²) in [7, 11) is 0. The second-order valence-corrected chi connectivity index (χ2v) is 6.04. The third kappa shape index (κ3) is 7.05. The van der Waals surface area contributed by atoms with Crippen LogP contribution in [-0.2, 0) is 0 Å². The van der Waals surface area contributed by atoms with Gasteiger partial charge in [-0.25, -0.2) is 9.82 Å². The Morgan fingerprint density at radius 3 is 2.62 bits per heavy atom. The quantitative estimate of drug-likeness (QED) is 0.372. The number of benzene rings is 2. The first-order chi connectivity index (χ1) is 12.7. The Balaban J connectivity index is 1.74. The van der Waals surface area contributed by atoms with Crippen LogP contribution in [0.1, 0.15) is 54.9 Å². The zero-order chi connectivity index (χ0) is 18.6. The number of rotatable bonds is 10. The van der Waals surface area contributed by atoms with Crippen LogP contribution < -0.4 is 10.2 Å². The number of hydrogen-bond donors (Lipinski definition) is 1. The van der Waals surface area contributed by atoms with Crippen molar-refractivity contribution in [3.8, 4) is 5.75 Å². The second-order valence-electron chi connectivity index (χ2n) is 6.04. The molecule has 0 atom stereocenters. The lowest BCUT2D eigenvalue weighted by molar-refractivity contribution is 0.0954. The summed E-state index contributed by atoms with van der Waals surface area (Å²) in [6.45, 7) is 2.93. The molecule has 138 valence electrons. The molecule has 0 saturated heterocycles. The average Bonchev–Trinajstić information content (AvgIpc) is 2.65. The summed E-state index contributed by atoms with van der Waals surface area (Å²) in [6, 6.07) is 12.9. The van der Waals surface area contributed by atoms with Gasteiger partial charge in [0.05, 0.1) is 12.8 Å². The molecule has 1 N–H and O–H groups in total. The van der Waals surface area contributed by atoms with Gasteiger partial charge in [-0.3, -0.25) is 4.79 Å². The van der Waals surface area contributed by atoms with E-state index in [1.165, 1.54) is 56.2 Å². The van der Waals surface area contributed by atoms with Crippen molar-refractivity contribution < 1.29 is 13.9 Å². The van der Waals surface area contributed by atoms with E-state index in [-0.39, 0.29) is 5.56 Å². The number of ether oxygens (including phenoxy) is 1. The molecule has 0 saturated carbocycles. The van der Waals surface area contributed by atoms with E-state index in [1.54, 1.807) is 0 Å². The lowest BCUT2D eigenvalue weighted by Gasteiger charge is -2.06. The van der Waals surface area contributed by atoms with Gasteiger partial charge in [-0.05, 0) is 54.4 Å². The fourth-order valence-electron chi connectivity index (χ4n) is 2.41. The number of hydrazone groups is 1. The lowest BCUT2D eigenvalue weighted by Crippen LogP contribution is -2.17. The summed E-state index contributed by atoms with van der Waals surface area (Å²) in [5.74, 6) is -0.0900. The van der Waals surface area contributed by atoms with Crippen LogP contribution in [0.5, 0.6) is 5.75 Å². The highest BCUT2D eigenvalue weighted by Crippen LogP contribution is 2.12. The maximum Gasteiger partial charge on any atom is 0.271 e. The number of carbonyl (C=O) groups is 1. The molecule has 0 aliphatic rings. The smallest absolute Gasteiger partial charge is 0.271 e. The van der Waals surface area contributed by atoms with E-state index < -0.39 is 11.7 Å². The van der Waals surface area contributed by atoms with Crippen LogP contribution >= 0.6 is 0 Å². The minimum Gasteiger partial charge on any atom is -0.494 e. The summed E-state index contributed by atoms with van der Waals surface area (Å²) >= 11 is 0. The molecule has 26 heavy (non-hydrogen) atoms. The Labute approximate surface area is 154 Å². The van der Waals surface area contributed by atoms with E-state index in [1.807, 2.05) is 24.3 Å². The molecule has 5 heteroatoms. The maximum absolute atomic E-state index is 13.1. The Morgan fingerprint density at radius 1 is 1.12 bits per heavy atom. The normalized spacial score (nSPS) is 10.8. The first kappa shape index (κ1) is 19.6. The van der Waals surface area contributed by atoms with E-state index in [2.05, 4.69) is 17.5 Å². The van der Waals surface area contributed by atoms with E-state index in [9.17, 15) is 9.18 Å². The first-order valence-corrected chi connectivity index (χ1v) is 9.01. The molecular formula is C21H25FN2O2. The number of hydrogen-bond acceptors (Lipinski definition) is 3. The Bertz CT molecular complexity index is 714. The van der Waals surface area contributed by atoms with Gasteiger partial charge in [0.15, 0.2) is 0 Å². The minimum absolute atomic E-state index is 0.227. The van der Waals surface area contributed by atoms with E-state index >= 15 is 0 Å². The van der Waals surface area contributed by atoms with Crippen LogP contribution in [-0.4, -0.2) is 18.7 Å². The highest BCUT2D eigenvalue weighted by molar-refractivity contribution is 5.94. The lowest BCUT2D eigenvalue weighted by atomic mass is 10.2. The van der Waals surface area contributed by atoms with Crippen molar-refractivity contribution in [1.29, 1.82) is 0 Å². The number of carbonyl (C=O) groups excluding carboxylic acids is 1. The molecule has 0 aliphatic heterocycles. The fraction of sp³-hybridized carbons (Fsp3) is 0.333. The molecule has 1 amide bonds. The second kappa shape index (κ2) is 11.0. The van der Waals surface area contributed by atoms with Gasteiger partial charge in [-0.15, -0.1) is 0 Å². The molecule has 0 radical (unpaired) electrons. The van der Waals surface area contributed by atoms with Gasteiger partial charge in [0, 0.05) is 5.56 Å². The van der Waals surface area contributed by atoms with Crippen LogP contribution in [0.3, 0.4) is 0 Å². The number of amides is 1. The van der Waals surface area contributed by atoms with Gasteiger partial charge < -0.3 is 4.74 Å². The number of halogens is 1. The van der Waals surface area contributed by atoms with Gasteiger partial charge in [-0.1, -0.05) is 38.7 Å². The van der Waals surface area contributed by atoms with Gasteiger partial charge in [0.2, 0.25) is 0 Å². The van der Waals surface area contributed by atoms with Crippen molar-refractivity contribution in [1.82, 2.24) is 5.43 Å². The van der Waals surface area contributed by atoms with E-state index in [4.69, 9.17) is 4.74 Å². The standard InChI is InChI=1S/C21H25FN2O2/c1-2-3-4-5-6-14-26-20-12-10-17(11-13-20)16-23-24-21(25)18-8-7-9-19(22)15-18/h7-13,15-16H,2-6,14H2,1H3,(H,24,25)/b23-16+. The molecule has 2 aromatic rings. The van der Waals surface area contributed by atoms with Gasteiger partial charge in [-0.2, -0.15) is 5.10 Å². The third-order valence-electron chi connectivity index (χ3n) is 3.86. The molecular weight excluding hydrogens is 331 g/mol. The molecule has 0 bridgehead atoms. The highest BCUT2D eigenvalue weighted by atomic mass is 19.1. The van der Waals surface area contributed by atoms with Crippen molar-refractivity contribution in [2.24, 2.45) is 5.10 Å². The van der Waals surface area contributed by atoms with Crippen molar-refractivity contribution in [3.05, 3.63) is 65.5 Å². The van der Waals surface area contributed by atoms with Gasteiger partial charge in [0.1, 0.15) is 11.6 Å². The molecule has 0 aromatic heterocycles. The molecule has 0 heterocycles. The predicted octanol–water partition coefficient (Wildman–Crippen LogP) is 4.94. The first-order valence-electron chi connectivity index (χ1n) is 9.01. The van der Waals surface area contributed by atoms with Crippen LogP contribution in [0.25, 0.3) is 0 Å². The van der Waals surface area contributed by atoms with Crippen molar-refractivity contribution in [3.63, 3.8) is 0 Å². The molecule has 0 unspecified atom stereocenters. The Morgan fingerprint density at radius 2 is 1.88 bits per heavy atom. The van der Waals surface area contributed by atoms with Crippen molar-refractivity contribution in [2.45, 2.75) is 39.0 Å². The summed E-state index contributed by atoms with van der Waals surface area (Å²) < 4.78 is 18.8. The summed E-state index contributed by atoms with van der Waals surface area (Å²) in [5, 5.41) is 3.89. The molecule has 2 aromatic carbocycles. The van der Waals surface area contributed by atoms with E-state index in [0.29, 0.717) is 0 Å². The number of nitrogens with one attached hydrogen (secondary N) is 1. The number of nitrogens with zero attached hydrogens (tertiary/aromatic N) is 1. The summed E-state index contributed by atoms with van der Waals surface area (Å²) in [4.78, 5) is 11.8. The third-order valence-corrected chi connectivity index (χ3v) is 3.86. The minimum atomic E-state index is -0.456. The molecule has 4 nitrogen and oxygen atoms in total. The molecule has 2 rings (SSSR count). The summed E-state index contributed by atoms with van der Waals surface area (Å²) in [5.41, 5.74) is 3.44. The number of unbranched alkanes of at least 4 members (excludes halogenated alkanes) is 4. The van der Waals surface area contributed by atoms with Crippen LogP contribution in [0, 0.1) is 5.82 Å². The molecule has 0 aliphatic carbocycles. The SMILES string of the molecule is CCCCCCCOc1ccc(/C=N/NC(=O)c2cccc(F)c2)cc1. The maximum atomic E-state index is 13.1. The fourth-order valence-corrected chi connectivity index (χ4v) is 2.41. The van der Waals surface area contributed by atoms with E-state index in [0.717, 1.165) is 24.3 Å². The summed E-state index contributed by atoms with van der Waals surface area (Å²) in [6.07, 6.45) is 7.58. The van der Waals surface area contributed by atoms with Gasteiger partial charge in [0.25, 0.3) is 5.91 Å². The van der Waals surface area contributed by atoms with Crippen molar-refractivity contribution in [2.75, 3.05) is 6.61 Å². The zero-order valence-electron chi connectivity index (χ0n) is 15.1. The van der Waals surface area contributed by atoms with Crippen LogP contribution in [0.15, 0.2) is 53.6 Å². The average molecular weight is 356 g/mol. The molecule has 0 spiro atoms. The Hall–Kier alpha value is -2.69. The molecule has 0 fully saturated rings. The Kier molecular flexibility index (Phi) is 8.33. The highest BCUT2D eigenvalue weighted by Gasteiger charge is 2.04. The topological polar surface area (TPSA) is 50.7 Å². The predicted molar refractivity (Wildman–Crippen MR) is 102 cm³/mol. The van der Waals surface area contributed by atoms with Gasteiger partial charge >= 0.3 is 0 Å². The monoisotopic (exact) mass is 356 g/mol. The van der Waals surface area contributed by atoms with Crippen LogP contribution in [0.2, 0.25) is 0 Å². The van der Waals surface area contributed by atoms with Crippen LogP contribution in [0.4, 0.5) is 4.39 Å².